The standard InChI is InChI=1S/C16H32N2/c1-4-15-9-8-14(3)18(15)13-16(12-17-5-2)10-6-7-11-16/h14-15,17H,4-13H2,1-3H3. The monoisotopic (exact) mass is 252 g/mol. The summed E-state index contributed by atoms with van der Waals surface area (Å²) in [6, 6.07) is 1.67. The molecule has 2 fully saturated rings. The van der Waals surface area contributed by atoms with Gasteiger partial charge in [-0.05, 0) is 51.0 Å². The maximum atomic E-state index is 3.63. The molecule has 0 aromatic rings. The van der Waals surface area contributed by atoms with Crippen LogP contribution in [0.4, 0.5) is 0 Å². The van der Waals surface area contributed by atoms with Crippen LogP contribution in [0, 0.1) is 5.41 Å². The molecule has 1 N–H and O–H groups in total. The van der Waals surface area contributed by atoms with E-state index in [4.69, 9.17) is 0 Å². The molecule has 1 saturated carbocycles. The van der Waals surface area contributed by atoms with Crippen LogP contribution in [0.2, 0.25) is 0 Å². The quantitative estimate of drug-likeness (QED) is 0.779. The molecule has 2 heteroatoms. The molecular weight excluding hydrogens is 220 g/mol. The summed E-state index contributed by atoms with van der Waals surface area (Å²) in [7, 11) is 0. The van der Waals surface area contributed by atoms with Gasteiger partial charge >= 0.3 is 0 Å². The normalized spacial score (nSPS) is 32.2. The first-order valence-corrected chi connectivity index (χ1v) is 8.17. The Morgan fingerprint density at radius 2 is 1.89 bits per heavy atom. The second-order valence-corrected chi connectivity index (χ2v) is 6.65. The summed E-state index contributed by atoms with van der Waals surface area (Å²) < 4.78 is 0. The van der Waals surface area contributed by atoms with E-state index in [2.05, 4.69) is 31.0 Å². The fourth-order valence-corrected chi connectivity index (χ4v) is 4.14. The van der Waals surface area contributed by atoms with Gasteiger partial charge in [-0.3, -0.25) is 4.90 Å². The number of nitrogens with zero attached hydrogens (tertiary/aromatic N) is 1. The highest BCUT2D eigenvalue weighted by Gasteiger charge is 2.39. The van der Waals surface area contributed by atoms with Gasteiger partial charge in [0.2, 0.25) is 0 Å². The molecule has 0 amide bonds. The zero-order valence-corrected chi connectivity index (χ0v) is 12.7. The lowest BCUT2D eigenvalue weighted by Gasteiger charge is -2.38. The Labute approximate surface area is 114 Å². The molecule has 0 aromatic carbocycles. The van der Waals surface area contributed by atoms with Crippen LogP contribution in [0.15, 0.2) is 0 Å². The Morgan fingerprint density at radius 1 is 1.17 bits per heavy atom. The Hall–Kier alpha value is -0.0800. The van der Waals surface area contributed by atoms with E-state index < -0.39 is 0 Å². The molecule has 1 saturated heterocycles. The van der Waals surface area contributed by atoms with E-state index in [-0.39, 0.29) is 0 Å². The summed E-state index contributed by atoms with van der Waals surface area (Å²) in [5, 5.41) is 3.63. The highest BCUT2D eigenvalue weighted by molar-refractivity contribution is 4.94. The Kier molecular flexibility index (Phi) is 5.08. The summed E-state index contributed by atoms with van der Waals surface area (Å²) in [5.74, 6) is 0. The second kappa shape index (κ2) is 6.38. The van der Waals surface area contributed by atoms with Crippen LogP contribution >= 0.6 is 0 Å². The first-order valence-electron chi connectivity index (χ1n) is 8.17. The van der Waals surface area contributed by atoms with Gasteiger partial charge in [-0.2, -0.15) is 0 Å². The predicted octanol–water partition coefficient (Wildman–Crippen LogP) is 3.42. The van der Waals surface area contributed by atoms with Crippen LogP contribution in [0.5, 0.6) is 0 Å². The van der Waals surface area contributed by atoms with Gasteiger partial charge in [-0.25, -0.2) is 0 Å². The van der Waals surface area contributed by atoms with E-state index in [0.29, 0.717) is 5.41 Å². The van der Waals surface area contributed by atoms with E-state index in [1.165, 1.54) is 58.0 Å². The SMILES string of the molecule is CCNCC1(CN2C(C)CCC2CC)CCCC1. The van der Waals surface area contributed by atoms with Crippen molar-refractivity contribution in [2.45, 2.75) is 77.8 Å². The smallest absolute Gasteiger partial charge is 0.00962 e. The van der Waals surface area contributed by atoms with Crippen LogP contribution in [0.3, 0.4) is 0 Å². The molecule has 0 radical (unpaired) electrons. The van der Waals surface area contributed by atoms with Crippen LogP contribution in [-0.2, 0) is 0 Å². The van der Waals surface area contributed by atoms with E-state index in [0.717, 1.165) is 18.6 Å². The fourth-order valence-electron chi connectivity index (χ4n) is 4.14. The third kappa shape index (κ3) is 3.08. The highest BCUT2D eigenvalue weighted by atomic mass is 15.2. The average Bonchev–Trinajstić information content (AvgIpc) is 2.97. The van der Waals surface area contributed by atoms with Gasteiger partial charge in [0.15, 0.2) is 0 Å². The van der Waals surface area contributed by atoms with Crippen molar-refractivity contribution < 1.29 is 0 Å². The van der Waals surface area contributed by atoms with Crippen LogP contribution < -0.4 is 5.32 Å². The summed E-state index contributed by atoms with van der Waals surface area (Å²) >= 11 is 0. The molecule has 1 aliphatic heterocycles. The lowest BCUT2D eigenvalue weighted by atomic mass is 9.84. The first-order chi connectivity index (χ1) is 8.71. The molecule has 18 heavy (non-hydrogen) atoms. The maximum Gasteiger partial charge on any atom is 0.00962 e. The maximum absolute atomic E-state index is 3.63. The minimum absolute atomic E-state index is 0.585. The Morgan fingerprint density at radius 3 is 2.50 bits per heavy atom. The third-order valence-electron chi connectivity index (χ3n) is 5.36. The van der Waals surface area contributed by atoms with Crippen LogP contribution in [0.25, 0.3) is 0 Å². The van der Waals surface area contributed by atoms with Crippen LogP contribution in [-0.4, -0.2) is 36.6 Å². The molecule has 1 aliphatic carbocycles. The lowest BCUT2D eigenvalue weighted by Crippen LogP contribution is -2.46. The summed E-state index contributed by atoms with van der Waals surface area (Å²) in [4.78, 5) is 2.84. The summed E-state index contributed by atoms with van der Waals surface area (Å²) in [6.07, 6.45) is 9.96. The topological polar surface area (TPSA) is 15.3 Å². The Bertz CT molecular complexity index is 245. The van der Waals surface area contributed by atoms with E-state index in [9.17, 15) is 0 Å². The van der Waals surface area contributed by atoms with Gasteiger partial charge in [-0.1, -0.05) is 26.7 Å². The van der Waals surface area contributed by atoms with Crippen molar-refractivity contribution in [2.75, 3.05) is 19.6 Å². The minimum Gasteiger partial charge on any atom is -0.316 e. The highest BCUT2D eigenvalue weighted by Crippen LogP contribution is 2.41. The van der Waals surface area contributed by atoms with Crippen molar-refractivity contribution >= 4 is 0 Å². The summed E-state index contributed by atoms with van der Waals surface area (Å²) in [6.45, 7) is 10.7. The van der Waals surface area contributed by atoms with Crippen molar-refractivity contribution in [2.24, 2.45) is 5.41 Å². The fraction of sp³-hybridized carbons (Fsp3) is 1.00. The Balaban J connectivity index is 1.99. The number of likely N-dealkylation sites (tertiary alicyclic amines) is 1. The van der Waals surface area contributed by atoms with Gasteiger partial charge in [0.1, 0.15) is 0 Å². The van der Waals surface area contributed by atoms with E-state index >= 15 is 0 Å². The molecule has 2 atom stereocenters. The lowest BCUT2D eigenvalue weighted by molar-refractivity contribution is 0.108. The molecule has 2 aliphatic rings. The van der Waals surface area contributed by atoms with Gasteiger partial charge in [0, 0.05) is 25.2 Å². The van der Waals surface area contributed by atoms with Gasteiger partial charge in [-0.15, -0.1) is 0 Å². The van der Waals surface area contributed by atoms with Crippen molar-refractivity contribution in [3.8, 4) is 0 Å². The number of rotatable bonds is 6. The third-order valence-corrected chi connectivity index (χ3v) is 5.36. The van der Waals surface area contributed by atoms with E-state index in [1.54, 1.807) is 0 Å². The van der Waals surface area contributed by atoms with Crippen molar-refractivity contribution in [1.82, 2.24) is 10.2 Å². The molecule has 106 valence electrons. The summed E-state index contributed by atoms with van der Waals surface area (Å²) in [5.41, 5.74) is 0.585. The molecule has 2 rings (SSSR count). The van der Waals surface area contributed by atoms with E-state index in [1.807, 2.05) is 0 Å². The molecule has 0 aromatic heterocycles. The molecule has 0 spiro atoms. The molecule has 0 bridgehead atoms. The zero-order valence-electron chi connectivity index (χ0n) is 12.7. The number of hydrogen-bond donors (Lipinski definition) is 1. The largest absolute Gasteiger partial charge is 0.316 e. The second-order valence-electron chi connectivity index (χ2n) is 6.65. The zero-order chi connectivity index (χ0) is 13.0. The van der Waals surface area contributed by atoms with Gasteiger partial charge < -0.3 is 5.32 Å². The van der Waals surface area contributed by atoms with Crippen molar-refractivity contribution in [3.63, 3.8) is 0 Å². The number of hydrogen-bond acceptors (Lipinski definition) is 2. The molecule has 2 unspecified atom stereocenters. The minimum atomic E-state index is 0.585. The van der Waals surface area contributed by atoms with Crippen LogP contribution in [0.1, 0.15) is 65.7 Å². The van der Waals surface area contributed by atoms with Crippen molar-refractivity contribution in [1.29, 1.82) is 0 Å². The first kappa shape index (κ1) is 14.3. The van der Waals surface area contributed by atoms with Crippen molar-refractivity contribution in [3.05, 3.63) is 0 Å². The van der Waals surface area contributed by atoms with Gasteiger partial charge in [0.25, 0.3) is 0 Å². The van der Waals surface area contributed by atoms with Gasteiger partial charge in [0.05, 0.1) is 0 Å². The number of nitrogens with one attached hydrogen (secondary N) is 1. The predicted molar refractivity (Wildman–Crippen MR) is 78.9 cm³/mol. The molecule has 2 nitrogen and oxygen atoms in total. The molecule has 1 heterocycles. The molecular formula is C16H32N2. The average molecular weight is 252 g/mol.